The molecule has 1 saturated heterocycles. The molecule has 0 aromatic carbocycles. The molecule has 1 fully saturated rings. The summed E-state index contributed by atoms with van der Waals surface area (Å²) < 4.78 is 0. The minimum absolute atomic E-state index is 0.00926. The Kier molecular flexibility index (Phi) is 1.37. The van der Waals surface area contributed by atoms with Gasteiger partial charge in [0.2, 0.25) is 0 Å². The molecule has 36 valence electrons. The zero-order valence-electron chi connectivity index (χ0n) is 3.55. The molecule has 1 aliphatic rings. The van der Waals surface area contributed by atoms with Gasteiger partial charge >= 0.3 is 0 Å². The number of thioether (sulfide) groups is 1. The fourth-order valence-corrected chi connectivity index (χ4v) is 1.57. The van der Waals surface area contributed by atoms with Gasteiger partial charge in [0.1, 0.15) is 0 Å². The average Bonchev–Trinajstić information content (AvgIpc) is 1.86. The van der Waals surface area contributed by atoms with E-state index in [1.54, 1.807) is 0 Å². The lowest BCUT2D eigenvalue weighted by Gasteiger charge is -1.90. The lowest BCUT2D eigenvalue weighted by molar-refractivity contribution is 0.203. The fourth-order valence-electron chi connectivity index (χ4n) is 0.522. The van der Waals surface area contributed by atoms with E-state index >= 15 is 0 Å². The zero-order chi connectivity index (χ0) is 4.41. The first-order chi connectivity index (χ1) is 2.89. The van der Waals surface area contributed by atoms with Crippen LogP contribution in [0.1, 0.15) is 6.42 Å². The molecule has 2 heteroatoms. The molecule has 1 atom stereocenters. The van der Waals surface area contributed by atoms with Gasteiger partial charge in [-0.2, -0.15) is 11.8 Å². The van der Waals surface area contributed by atoms with Gasteiger partial charge in [-0.25, -0.2) is 0 Å². The summed E-state index contributed by atoms with van der Waals surface area (Å²) in [6.45, 7) is 0. The monoisotopic (exact) mass is 104 g/mol. The Hall–Kier alpha value is 0.310. The van der Waals surface area contributed by atoms with Crippen LogP contribution in [-0.2, 0) is 0 Å². The smallest absolute Gasteiger partial charge is 0.0638 e. The Morgan fingerprint density at radius 1 is 1.67 bits per heavy atom. The van der Waals surface area contributed by atoms with Crippen LogP contribution in [0, 0.1) is 0 Å². The Morgan fingerprint density at radius 2 is 2.50 bits per heavy atom. The van der Waals surface area contributed by atoms with Gasteiger partial charge in [-0.15, -0.1) is 0 Å². The van der Waals surface area contributed by atoms with E-state index in [1.165, 1.54) is 0 Å². The summed E-state index contributed by atoms with van der Waals surface area (Å²) in [6.07, 6.45) is 1.01. The van der Waals surface area contributed by atoms with Crippen molar-refractivity contribution in [2.75, 3.05) is 11.5 Å². The van der Waals surface area contributed by atoms with Crippen LogP contribution in [0.15, 0.2) is 0 Å². The van der Waals surface area contributed by atoms with Crippen molar-refractivity contribution in [2.24, 2.45) is 0 Å². The lowest BCUT2D eigenvalue weighted by atomic mass is 10.3. The maximum Gasteiger partial charge on any atom is 0.0638 e. The molecule has 1 aliphatic heterocycles. The predicted octanol–water partition coefficient (Wildman–Crippen LogP) is 0.484. The van der Waals surface area contributed by atoms with Crippen LogP contribution in [0.2, 0.25) is 0 Å². The minimum Gasteiger partial charge on any atom is -0.392 e. The third-order valence-electron chi connectivity index (χ3n) is 0.906. The van der Waals surface area contributed by atoms with E-state index in [2.05, 4.69) is 0 Å². The van der Waals surface area contributed by atoms with Gasteiger partial charge in [0, 0.05) is 5.75 Å². The van der Waals surface area contributed by atoms with Crippen molar-refractivity contribution in [3.05, 3.63) is 0 Å². The Labute approximate surface area is 41.7 Å². The molecule has 0 spiro atoms. The predicted molar refractivity (Wildman–Crippen MR) is 27.9 cm³/mol. The quantitative estimate of drug-likeness (QED) is 0.482. The van der Waals surface area contributed by atoms with Gasteiger partial charge in [0.25, 0.3) is 0 Å². The Balaban J connectivity index is 2.18. The first-order valence-electron chi connectivity index (χ1n) is 2.15. The second-order valence-electron chi connectivity index (χ2n) is 1.52. The van der Waals surface area contributed by atoms with E-state index in [1.807, 2.05) is 11.8 Å². The second-order valence-corrected chi connectivity index (χ2v) is 2.67. The molecule has 0 aromatic rings. The number of aliphatic hydroxyl groups is 1. The number of hydrogen-bond acceptors (Lipinski definition) is 2. The second kappa shape index (κ2) is 1.85. The molecule has 0 saturated carbocycles. The summed E-state index contributed by atoms with van der Waals surface area (Å²) in [5.74, 6) is 2.11. The number of rotatable bonds is 0. The van der Waals surface area contributed by atoms with Gasteiger partial charge < -0.3 is 5.11 Å². The van der Waals surface area contributed by atoms with Crippen LogP contribution in [0.25, 0.3) is 0 Å². The molecule has 1 N–H and O–H groups in total. The van der Waals surface area contributed by atoms with Crippen LogP contribution in [0.5, 0.6) is 0 Å². The van der Waals surface area contributed by atoms with Crippen LogP contribution in [0.4, 0.5) is 0 Å². The maximum absolute atomic E-state index is 8.71. The van der Waals surface area contributed by atoms with E-state index in [4.69, 9.17) is 5.11 Å². The van der Waals surface area contributed by atoms with E-state index in [0.717, 1.165) is 17.9 Å². The third-order valence-corrected chi connectivity index (χ3v) is 2.05. The maximum atomic E-state index is 8.71. The van der Waals surface area contributed by atoms with Gasteiger partial charge in [-0.1, -0.05) is 0 Å². The standard InChI is InChI=1S/C4H8OS/c5-4-1-2-6-3-4/h4-5H,1-3H2/t4-/m0/s1. The Bertz CT molecular complexity index is 40.8. The summed E-state index contributed by atoms with van der Waals surface area (Å²) in [5, 5.41) is 8.71. The summed E-state index contributed by atoms with van der Waals surface area (Å²) >= 11 is 1.83. The molecule has 0 aliphatic carbocycles. The molecule has 1 nitrogen and oxygen atoms in total. The molecule has 1 rings (SSSR count). The number of aliphatic hydroxyl groups excluding tert-OH is 1. The minimum atomic E-state index is 0.00926. The molecular formula is C4H8OS. The molecule has 0 bridgehead atoms. The van der Waals surface area contributed by atoms with E-state index < -0.39 is 0 Å². The normalized spacial score (nSPS) is 34.5. The highest BCUT2D eigenvalue weighted by Gasteiger charge is 2.09. The summed E-state index contributed by atoms with van der Waals surface area (Å²) in [6, 6.07) is 0. The number of hydrogen-bond donors (Lipinski definition) is 1. The largest absolute Gasteiger partial charge is 0.392 e. The molecule has 6 heavy (non-hydrogen) atoms. The third kappa shape index (κ3) is 0.884. The molecular weight excluding hydrogens is 96.1 g/mol. The fraction of sp³-hybridized carbons (Fsp3) is 1.00. The first-order valence-corrected chi connectivity index (χ1v) is 3.31. The summed E-state index contributed by atoms with van der Waals surface area (Å²) in [7, 11) is 0. The lowest BCUT2D eigenvalue weighted by Crippen LogP contribution is -2.00. The first kappa shape index (κ1) is 4.47. The summed E-state index contributed by atoms with van der Waals surface area (Å²) in [5.41, 5.74) is 0. The van der Waals surface area contributed by atoms with E-state index in [0.29, 0.717) is 0 Å². The molecule has 0 unspecified atom stereocenters. The van der Waals surface area contributed by atoms with Crippen molar-refractivity contribution < 1.29 is 5.11 Å². The van der Waals surface area contributed by atoms with Crippen LogP contribution in [0.3, 0.4) is 0 Å². The Morgan fingerprint density at radius 3 is 2.67 bits per heavy atom. The molecule has 0 amide bonds. The van der Waals surface area contributed by atoms with Crippen molar-refractivity contribution in [1.29, 1.82) is 0 Å². The van der Waals surface area contributed by atoms with Gasteiger partial charge in [0.15, 0.2) is 0 Å². The van der Waals surface area contributed by atoms with Crippen molar-refractivity contribution >= 4 is 11.8 Å². The average molecular weight is 104 g/mol. The van der Waals surface area contributed by atoms with Crippen molar-refractivity contribution in [2.45, 2.75) is 12.5 Å². The van der Waals surface area contributed by atoms with Crippen molar-refractivity contribution in [3.8, 4) is 0 Å². The van der Waals surface area contributed by atoms with Crippen LogP contribution in [-0.4, -0.2) is 22.7 Å². The van der Waals surface area contributed by atoms with Gasteiger partial charge in [0.05, 0.1) is 6.10 Å². The van der Waals surface area contributed by atoms with Crippen molar-refractivity contribution in [1.82, 2.24) is 0 Å². The highest BCUT2D eigenvalue weighted by atomic mass is 32.2. The summed E-state index contributed by atoms with van der Waals surface area (Å²) in [4.78, 5) is 0. The van der Waals surface area contributed by atoms with E-state index in [-0.39, 0.29) is 6.10 Å². The van der Waals surface area contributed by atoms with E-state index in [9.17, 15) is 0 Å². The molecule has 1 heterocycles. The molecule has 0 aromatic heterocycles. The molecule has 0 radical (unpaired) electrons. The SMILES string of the molecule is O[C@H]1CCSC1. The van der Waals surface area contributed by atoms with Crippen LogP contribution < -0.4 is 0 Å². The zero-order valence-corrected chi connectivity index (χ0v) is 4.37. The highest BCUT2D eigenvalue weighted by molar-refractivity contribution is 7.99. The highest BCUT2D eigenvalue weighted by Crippen LogP contribution is 2.15. The van der Waals surface area contributed by atoms with Gasteiger partial charge in [-0.05, 0) is 12.2 Å². The topological polar surface area (TPSA) is 20.2 Å². The van der Waals surface area contributed by atoms with Crippen LogP contribution >= 0.6 is 11.8 Å². The van der Waals surface area contributed by atoms with Gasteiger partial charge in [-0.3, -0.25) is 0 Å². The van der Waals surface area contributed by atoms with Crippen molar-refractivity contribution in [3.63, 3.8) is 0 Å².